The van der Waals surface area contributed by atoms with Gasteiger partial charge in [-0.1, -0.05) is 0 Å². The summed E-state index contributed by atoms with van der Waals surface area (Å²) in [6, 6.07) is 2.02. The van der Waals surface area contributed by atoms with Gasteiger partial charge in [0.05, 0.1) is 6.04 Å². The van der Waals surface area contributed by atoms with Crippen molar-refractivity contribution in [2.75, 3.05) is 20.1 Å². The smallest absolute Gasteiger partial charge is 0.239 e. The maximum absolute atomic E-state index is 11.6. The molecule has 1 atom stereocenters. The highest BCUT2D eigenvalue weighted by Gasteiger charge is 2.27. The van der Waals surface area contributed by atoms with Gasteiger partial charge in [-0.25, -0.2) is 0 Å². The molecule has 16 heavy (non-hydrogen) atoms. The van der Waals surface area contributed by atoms with Gasteiger partial charge in [-0.15, -0.1) is 0 Å². The van der Waals surface area contributed by atoms with Crippen LogP contribution < -0.4 is 5.32 Å². The van der Waals surface area contributed by atoms with Crippen molar-refractivity contribution >= 4 is 5.91 Å². The van der Waals surface area contributed by atoms with E-state index in [2.05, 4.69) is 10.4 Å². The van der Waals surface area contributed by atoms with E-state index in [1.807, 2.05) is 24.8 Å². The molecule has 1 aliphatic heterocycles. The Morgan fingerprint density at radius 2 is 2.38 bits per heavy atom. The lowest BCUT2D eigenvalue weighted by Gasteiger charge is -2.11. The third kappa shape index (κ3) is 2.24. The minimum Gasteiger partial charge on any atom is -0.344 e. The standard InChI is InChI=1S/C11H18N4O/c1-14-8-5-10(11(14)16)12-6-3-9-4-7-13-15(9)2/h4,7,10,12H,3,5-6,8H2,1-2H3. The number of likely N-dealkylation sites (tertiary alicyclic amines) is 1. The Kier molecular flexibility index (Phi) is 3.24. The van der Waals surface area contributed by atoms with Crippen molar-refractivity contribution in [3.05, 3.63) is 18.0 Å². The monoisotopic (exact) mass is 222 g/mol. The summed E-state index contributed by atoms with van der Waals surface area (Å²) in [6.07, 6.45) is 3.62. The number of rotatable bonds is 4. The van der Waals surface area contributed by atoms with E-state index in [4.69, 9.17) is 0 Å². The summed E-state index contributed by atoms with van der Waals surface area (Å²) in [5.74, 6) is 0.213. The van der Waals surface area contributed by atoms with E-state index in [0.717, 1.165) is 25.9 Å². The van der Waals surface area contributed by atoms with Crippen molar-refractivity contribution in [3.8, 4) is 0 Å². The lowest BCUT2D eigenvalue weighted by Crippen LogP contribution is -2.38. The van der Waals surface area contributed by atoms with Gasteiger partial charge in [0.1, 0.15) is 0 Å². The molecule has 0 aliphatic carbocycles. The molecule has 0 radical (unpaired) electrons. The van der Waals surface area contributed by atoms with Crippen molar-refractivity contribution in [1.82, 2.24) is 20.0 Å². The second kappa shape index (κ2) is 4.65. The number of aryl methyl sites for hydroxylation is 1. The highest BCUT2D eigenvalue weighted by atomic mass is 16.2. The van der Waals surface area contributed by atoms with Crippen LogP contribution in [0.1, 0.15) is 12.1 Å². The largest absolute Gasteiger partial charge is 0.344 e. The Bertz CT molecular complexity index is 374. The van der Waals surface area contributed by atoms with Crippen LogP contribution in [0.5, 0.6) is 0 Å². The molecule has 1 saturated heterocycles. The summed E-state index contributed by atoms with van der Waals surface area (Å²) >= 11 is 0. The second-order valence-electron chi connectivity index (χ2n) is 4.25. The van der Waals surface area contributed by atoms with Gasteiger partial charge in [0.2, 0.25) is 5.91 Å². The van der Waals surface area contributed by atoms with Crippen molar-refractivity contribution in [3.63, 3.8) is 0 Å². The summed E-state index contributed by atoms with van der Waals surface area (Å²) in [5, 5.41) is 7.40. The SMILES string of the molecule is CN1CCC(NCCc2ccnn2C)C1=O. The molecule has 2 rings (SSSR count). The van der Waals surface area contributed by atoms with Crippen molar-refractivity contribution in [2.45, 2.75) is 18.9 Å². The topological polar surface area (TPSA) is 50.2 Å². The number of carbonyl (C=O) groups excluding carboxylic acids is 1. The molecule has 1 unspecified atom stereocenters. The molecule has 2 heterocycles. The van der Waals surface area contributed by atoms with Crippen LogP contribution in [0.3, 0.4) is 0 Å². The number of nitrogens with zero attached hydrogens (tertiary/aromatic N) is 3. The Labute approximate surface area is 95.4 Å². The molecule has 1 aromatic rings. The maximum atomic E-state index is 11.6. The summed E-state index contributed by atoms with van der Waals surface area (Å²) in [7, 11) is 3.79. The first-order valence-electron chi connectivity index (χ1n) is 5.63. The van der Waals surface area contributed by atoms with Gasteiger partial charge in [0.15, 0.2) is 0 Å². The lowest BCUT2D eigenvalue weighted by atomic mass is 10.2. The predicted octanol–water partition coefficient (Wildman–Crippen LogP) is -0.217. The predicted molar refractivity (Wildman–Crippen MR) is 61.0 cm³/mol. The highest BCUT2D eigenvalue weighted by molar-refractivity contribution is 5.83. The maximum Gasteiger partial charge on any atom is 0.239 e. The Morgan fingerprint density at radius 3 is 2.94 bits per heavy atom. The summed E-state index contributed by atoms with van der Waals surface area (Å²) in [6.45, 7) is 1.69. The van der Waals surface area contributed by atoms with Crippen molar-refractivity contribution < 1.29 is 4.79 Å². The quantitative estimate of drug-likeness (QED) is 0.766. The number of aromatic nitrogens is 2. The van der Waals surface area contributed by atoms with Gasteiger partial charge in [-0.3, -0.25) is 9.48 Å². The molecule has 0 spiro atoms. The van der Waals surface area contributed by atoms with Gasteiger partial charge < -0.3 is 10.2 Å². The molecule has 0 aromatic carbocycles. The van der Waals surface area contributed by atoms with Gasteiger partial charge in [0.25, 0.3) is 0 Å². The minimum atomic E-state index is 0.0122. The molecule has 1 fully saturated rings. The first-order chi connectivity index (χ1) is 7.68. The number of hydrogen-bond donors (Lipinski definition) is 1. The van der Waals surface area contributed by atoms with Gasteiger partial charge >= 0.3 is 0 Å². The van der Waals surface area contributed by atoms with E-state index >= 15 is 0 Å². The molecule has 88 valence electrons. The fourth-order valence-electron chi connectivity index (χ4n) is 2.03. The van der Waals surface area contributed by atoms with Crippen molar-refractivity contribution in [1.29, 1.82) is 0 Å². The number of nitrogens with one attached hydrogen (secondary N) is 1. The van der Waals surface area contributed by atoms with Gasteiger partial charge in [-0.2, -0.15) is 5.10 Å². The molecular weight excluding hydrogens is 204 g/mol. The average Bonchev–Trinajstić information content (AvgIpc) is 2.80. The zero-order chi connectivity index (χ0) is 11.5. The Morgan fingerprint density at radius 1 is 1.56 bits per heavy atom. The highest BCUT2D eigenvalue weighted by Crippen LogP contribution is 2.08. The van der Waals surface area contributed by atoms with Crippen LogP contribution in [0, 0.1) is 0 Å². The van der Waals surface area contributed by atoms with E-state index in [1.54, 1.807) is 11.1 Å². The molecule has 1 amide bonds. The summed E-state index contributed by atoms with van der Waals surface area (Å²) in [4.78, 5) is 13.4. The van der Waals surface area contributed by atoms with Crippen LogP contribution in [0.2, 0.25) is 0 Å². The third-order valence-electron chi connectivity index (χ3n) is 3.12. The molecule has 1 N–H and O–H groups in total. The fourth-order valence-corrected chi connectivity index (χ4v) is 2.03. The second-order valence-corrected chi connectivity index (χ2v) is 4.25. The zero-order valence-corrected chi connectivity index (χ0v) is 9.81. The van der Waals surface area contributed by atoms with Crippen LogP contribution in [-0.4, -0.2) is 46.8 Å². The van der Waals surface area contributed by atoms with Crippen LogP contribution in [0.15, 0.2) is 12.3 Å². The van der Waals surface area contributed by atoms with Gasteiger partial charge in [-0.05, 0) is 12.5 Å². The lowest BCUT2D eigenvalue weighted by molar-refractivity contribution is -0.128. The van der Waals surface area contributed by atoms with E-state index in [0.29, 0.717) is 0 Å². The number of carbonyl (C=O) groups is 1. The Balaban J connectivity index is 1.77. The number of hydrogen-bond acceptors (Lipinski definition) is 3. The number of likely N-dealkylation sites (N-methyl/N-ethyl adjacent to an activating group) is 1. The molecule has 1 aromatic heterocycles. The molecule has 0 saturated carbocycles. The van der Waals surface area contributed by atoms with Crippen LogP contribution in [0.25, 0.3) is 0 Å². The summed E-state index contributed by atoms with van der Waals surface area (Å²) in [5.41, 5.74) is 1.19. The molecule has 0 bridgehead atoms. The molecule has 5 heteroatoms. The van der Waals surface area contributed by atoms with Gasteiger partial charge in [0, 0.05) is 45.5 Å². The molecule has 1 aliphatic rings. The van der Waals surface area contributed by atoms with Crippen LogP contribution in [-0.2, 0) is 18.3 Å². The van der Waals surface area contributed by atoms with Crippen molar-refractivity contribution in [2.24, 2.45) is 7.05 Å². The van der Waals surface area contributed by atoms with E-state index < -0.39 is 0 Å². The normalized spacial score (nSPS) is 20.8. The third-order valence-corrected chi connectivity index (χ3v) is 3.12. The van der Waals surface area contributed by atoms with Crippen LogP contribution >= 0.6 is 0 Å². The average molecular weight is 222 g/mol. The first kappa shape index (κ1) is 11.1. The summed E-state index contributed by atoms with van der Waals surface area (Å²) < 4.78 is 1.87. The molecule has 5 nitrogen and oxygen atoms in total. The Hall–Kier alpha value is -1.36. The van der Waals surface area contributed by atoms with Crippen LogP contribution in [0.4, 0.5) is 0 Å². The zero-order valence-electron chi connectivity index (χ0n) is 9.81. The van der Waals surface area contributed by atoms with E-state index in [-0.39, 0.29) is 11.9 Å². The fraction of sp³-hybridized carbons (Fsp3) is 0.636. The minimum absolute atomic E-state index is 0.0122. The van der Waals surface area contributed by atoms with E-state index in [1.165, 1.54) is 5.69 Å². The first-order valence-corrected chi connectivity index (χ1v) is 5.63. The number of amides is 1. The molecular formula is C11H18N4O. The van der Waals surface area contributed by atoms with E-state index in [9.17, 15) is 4.79 Å².